The van der Waals surface area contributed by atoms with Gasteiger partial charge in [0.15, 0.2) is 0 Å². The number of rotatable bonds is 8. The zero-order valence-corrected chi connectivity index (χ0v) is 12.4. The molecule has 6 N–H and O–H groups in total. The summed E-state index contributed by atoms with van der Waals surface area (Å²) in [4.78, 5) is 13.8. The third-order valence-electron chi connectivity index (χ3n) is 3.56. The summed E-state index contributed by atoms with van der Waals surface area (Å²) < 4.78 is 0. The van der Waals surface area contributed by atoms with Crippen molar-refractivity contribution >= 4 is 5.91 Å². The number of nitrogens with zero attached hydrogens (tertiary/aromatic N) is 1. The first-order chi connectivity index (χ1) is 9.99. The lowest BCUT2D eigenvalue weighted by Crippen LogP contribution is -2.48. The number of likely N-dealkylation sites (N-methyl/N-ethyl adjacent to an activating group) is 1. The molecule has 1 aromatic carbocycles. The number of aromatic hydroxyl groups is 1. The van der Waals surface area contributed by atoms with E-state index in [1.165, 1.54) is 4.90 Å². The standard InChI is InChI=1S/C15H25N3O3/c1-18(12(10-19)3-2-8-16)15(21)14(17)9-11-4-6-13(20)7-5-11/h4-7,12,14,19-20H,2-3,8-10,16-17H2,1H3. The number of benzene rings is 1. The van der Waals surface area contributed by atoms with Gasteiger partial charge in [-0.1, -0.05) is 12.1 Å². The number of phenols is 1. The molecule has 0 fully saturated rings. The summed E-state index contributed by atoms with van der Waals surface area (Å²) in [5.41, 5.74) is 12.3. The first-order valence-corrected chi connectivity index (χ1v) is 7.10. The van der Waals surface area contributed by atoms with Gasteiger partial charge >= 0.3 is 0 Å². The summed E-state index contributed by atoms with van der Waals surface area (Å²) in [6.07, 6.45) is 1.79. The molecule has 0 heterocycles. The number of aliphatic hydroxyl groups is 1. The Kier molecular flexibility index (Phi) is 7.14. The summed E-state index contributed by atoms with van der Waals surface area (Å²) in [5.74, 6) is -0.0305. The van der Waals surface area contributed by atoms with Crippen molar-refractivity contribution < 1.29 is 15.0 Å². The minimum atomic E-state index is -0.675. The summed E-state index contributed by atoms with van der Waals surface area (Å²) in [6, 6.07) is 5.67. The molecule has 1 aromatic rings. The van der Waals surface area contributed by atoms with Crippen molar-refractivity contribution in [3.63, 3.8) is 0 Å². The van der Waals surface area contributed by atoms with E-state index in [4.69, 9.17) is 11.5 Å². The minimum Gasteiger partial charge on any atom is -0.508 e. The van der Waals surface area contributed by atoms with Crippen LogP contribution in [0.15, 0.2) is 24.3 Å². The third kappa shape index (κ3) is 5.34. The Morgan fingerprint density at radius 3 is 2.48 bits per heavy atom. The molecule has 2 atom stereocenters. The number of carbonyl (C=O) groups is 1. The van der Waals surface area contributed by atoms with Gasteiger partial charge < -0.3 is 26.6 Å². The molecule has 2 unspecified atom stereocenters. The van der Waals surface area contributed by atoms with Crippen molar-refractivity contribution in [3.05, 3.63) is 29.8 Å². The topological polar surface area (TPSA) is 113 Å². The van der Waals surface area contributed by atoms with Gasteiger partial charge in [-0.2, -0.15) is 0 Å². The van der Waals surface area contributed by atoms with Gasteiger partial charge in [0, 0.05) is 7.05 Å². The maximum atomic E-state index is 12.3. The maximum Gasteiger partial charge on any atom is 0.239 e. The van der Waals surface area contributed by atoms with Crippen LogP contribution in [0.4, 0.5) is 0 Å². The number of hydrogen-bond acceptors (Lipinski definition) is 5. The molecule has 0 saturated heterocycles. The molecule has 0 bridgehead atoms. The lowest BCUT2D eigenvalue weighted by Gasteiger charge is -2.29. The van der Waals surface area contributed by atoms with Crippen molar-refractivity contribution in [1.29, 1.82) is 0 Å². The molecule has 1 rings (SSSR count). The van der Waals surface area contributed by atoms with Crippen LogP contribution in [0.5, 0.6) is 5.75 Å². The number of aliphatic hydroxyl groups excluding tert-OH is 1. The van der Waals surface area contributed by atoms with Crippen LogP contribution in [0.1, 0.15) is 18.4 Å². The van der Waals surface area contributed by atoms with Crippen molar-refractivity contribution in [2.24, 2.45) is 11.5 Å². The summed E-state index contributed by atoms with van der Waals surface area (Å²) in [5, 5.41) is 18.6. The first kappa shape index (κ1) is 17.4. The molecule has 1 amide bonds. The molecule has 0 aliphatic heterocycles. The van der Waals surface area contributed by atoms with Crippen LogP contribution < -0.4 is 11.5 Å². The smallest absolute Gasteiger partial charge is 0.239 e. The molecule has 0 aromatic heterocycles. The summed E-state index contributed by atoms with van der Waals surface area (Å²) in [7, 11) is 1.65. The fraction of sp³-hybridized carbons (Fsp3) is 0.533. The van der Waals surface area contributed by atoms with Crippen molar-refractivity contribution in [2.75, 3.05) is 20.2 Å². The Morgan fingerprint density at radius 2 is 1.95 bits per heavy atom. The maximum absolute atomic E-state index is 12.3. The van der Waals surface area contributed by atoms with E-state index in [1.54, 1.807) is 31.3 Å². The predicted octanol–water partition coefficient (Wildman–Crippen LogP) is -0.180. The van der Waals surface area contributed by atoms with Gasteiger partial charge in [-0.05, 0) is 43.5 Å². The van der Waals surface area contributed by atoms with Crippen LogP contribution in [0.2, 0.25) is 0 Å². The predicted molar refractivity (Wildman–Crippen MR) is 81.7 cm³/mol. The fourth-order valence-corrected chi connectivity index (χ4v) is 2.18. The van der Waals surface area contributed by atoms with Gasteiger partial charge in [-0.25, -0.2) is 0 Å². The van der Waals surface area contributed by atoms with Gasteiger partial charge in [0.25, 0.3) is 0 Å². The number of nitrogens with two attached hydrogens (primary N) is 2. The van der Waals surface area contributed by atoms with Crippen molar-refractivity contribution in [2.45, 2.75) is 31.3 Å². The molecule has 118 valence electrons. The highest BCUT2D eigenvalue weighted by Gasteiger charge is 2.24. The van der Waals surface area contributed by atoms with Gasteiger partial charge in [-0.15, -0.1) is 0 Å². The molecule has 6 nitrogen and oxygen atoms in total. The zero-order chi connectivity index (χ0) is 15.8. The molecule has 6 heteroatoms. The summed E-state index contributed by atoms with van der Waals surface area (Å²) in [6.45, 7) is 0.423. The Labute approximate surface area is 125 Å². The van der Waals surface area contributed by atoms with E-state index in [0.717, 1.165) is 12.0 Å². The molecular formula is C15H25N3O3. The number of carbonyl (C=O) groups excluding carboxylic acids is 1. The lowest BCUT2D eigenvalue weighted by molar-refractivity contribution is -0.134. The van der Waals surface area contributed by atoms with Crippen LogP contribution in [0, 0.1) is 0 Å². The first-order valence-electron chi connectivity index (χ1n) is 7.10. The van der Waals surface area contributed by atoms with Gasteiger partial charge in [0.05, 0.1) is 18.7 Å². The molecule has 0 saturated carbocycles. The quantitative estimate of drug-likeness (QED) is 0.531. The van der Waals surface area contributed by atoms with E-state index in [-0.39, 0.29) is 24.3 Å². The van der Waals surface area contributed by atoms with E-state index in [0.29, 0.717) is 19.4 Å². The van der Waals surface area contributed by atoms with Crippen LogP contribution >= 0.6 is 0 Å². The highest BCUT2D eigenvalue weighted by atomic mass is 16.3. The Hall–Kier alpha value is -1.63. The Bertz CT molecular complexity index is 436. The molecule has 21 heavy (non-hydrogen) atoms. The second-order valence-electron chi connectivity index (χ2n) is 5.19. The second-order valence-corrected chi connectivity index (χ2v) is 5.19. The molecule has 0 aliphatic carbocycles. The highest BCUT2D eigenvalue weighted by molar-refractivity contribution is 5.82. The largest absolute Gasteiger partial charge is 0.508 e. The average molecular weight is 295 g/mol. The Morgan fingerprint density at radius 1 is 1.33 bits per heavy atom. The van der Waals surface area contributed by atoms with Crippen LogP contribution in [-0.4, -0.2) is 53.3 Å². The highest BCUT2D eigenvalue weighted by Crippen LogP contribution is 2.12. The fourth-order valence-electron chi connectivity index (χ4n) is 2.18. The van der Waals surface area contributed by atoms with E-state index in [1.807, 2.05) is 0 Å². The van der Waals surface area contributed by atoms with Crippen molar-refractivity contribution in [3.8, 4) is 5.75 Å². The van der Waals surface area contributed by atoms with E-state index in [9.17, 15) is 15.0 Å². The van der Waals surface area contributed by atoms with Crippen LogP contribution in [-0.2, 0) is 11.2 Å². The molecular weight excluding hydrogens is 270 g/mol. The third-order valence-corrected chi connectivity index (χ3v) is 3.56. The van der Waals surface area contributed by atoms with Gasteiger partial charge in [0.1, 0.15) is 5.75 Å². The molecule has 0 aliphatic rings. The molecule has 0 radical (unpaired) electrons. The van der Waals surface area contributed by atoms with Crippen LogP contribution in [0.3, 0.4) is 0 Å². The lowest BCUT2D eigenvalue weighted by atomic mass is 10.0. The van der Waals surface area contributed by atoms with Crippen LogP contribution in [0.25, 0.3) is 0 Å². The normalized spacial score (nSPS) is 13.7. The van der Waals surface area contributed by atoms with Crippen molar-refractivity contribution in [1.82, 2.24) is 4.90 Å². The SMILES string of the molecule is CN(C(=O)C(N)Cc1ccc(O)cc1)C(CO)CCCN. The van der Waals surface area contributed by atoms with E-state index >= 15 is 0 Å². The summed E-state index contributed by atoms with van der Waals surface area (Å²) >= 11 is 0. The molecule has 0 spiro atoms. The minimum absolute atomic E-state index is 0.103. The number of hydrogen-bond donors (Lipinski definition) is 4. The second kappa shape index (κ2) is 8.61. The Balaban J connectivity index is 2.61. The monoisotopic (exact) mass is 295 g/mol. The number of phenolic OH excluding ortho intramolecular Hbond substituents is 1. The van der Waals surface area contributed by atoms with Gasteiger partial charge in [-0.3, -0.25) is 4.79 Å². The van der Waals surface area contributed by atoms with E-state index in [2.05, 4.69) is 0 Å². The number of amides is 1. The zero-order valence-electron chi connectivity index (χ0n) is 12.4. The average Bonchev–Trinajstić information content (AvgIpc) is 2.49. The van der Waals surface area contributed by atoms with E-state index < -0.39 is 6.04 Å². The van der Waals surface area contributed by atoms with Gasteiger partial charge in [0.2, 0.25) is 5.91 Å².